The molecule has 0 amide bonds. The fraction of sp³-hybridized carbons (Fsp3) is 0.889. The van der Waals surface area contributed by atoms with Crippen LogP contribution < -0.4 is 0 Å². The fourth-order valence-corrected chi connectivity index (χ4v) is 2.40. The largest absolute Gasteiger partial charge is 0.237 e. The van der Waals surface area contributed by atoms with E-state index in [0.717, 1.165) is 18.3 Å². The van der Waals surface area contributed by atoms with Gasteiger partial charge in [-0.25, -0.2) is 0 Å². The maximum absolute atomic E-state index is 3.61. The van der Waals surface area contributed by atoms with Crippen LogP contribution in [0.4, 0.5) is 0 Å². The van der Waals surface area contributed by atoms with Crippen LogP contribution in [0.15, 0.2) is 0 Å². The lowest BCUT2D eigenvalue weighted by atomic mass is 9.32. The molecule has 0 N–H and O–H groups in total. The van der Waals surface area contributed by atoms with Crippen LogP contribution in [0.1, 0.15) is 80.6 Å². The third kappa shape index (κ3) is 7.71. The SMILES string of the molecule is CCCCCCC#CB(C(C)C(C)C)C(C)C(C)C. The van der Waals surface area contributed by atoms with E-state index in [0.29, 0.717) is 18.3 Å². The molecule has 1 heteroatoms. The van der Waals surface area contributed by atoms with Gasteiger partial charge in [0.2, 0.25) is 6.71 Å². The van der Waals surface area contributed by atoms with E-state index in [2.05, 4.69) is 60.2 Å². The van der Waals surface area contributed by atoms with Crippen LogP contribution in [0, 0.1) is 23.6 Å². The first-order valence-corrected chi connectivity index (χ1v) is 8.40. The van der Waals surface area contributed by atoms with Crippen molar-refractivity contribution in [2.75, 3.05) is 0 Å². The van der Waals surface area contributed by atoms with E-state index in [1.165, 1.54) is 25.7 Å². The second-order valence-corrected chi connectivity index (χ2v) is 6.86. The maximum Gasteiger partial charge on any atom is 0.237 e. The highest BCUT2D eigenvalue weighted by Gasteiger charge is 2.30. The quantitative estimate of drug-likeness (QED) is 0.282. The van der Waals surface area contributed by atoms with Crippen molar-refractivity contribution in [1.82, 2.24) is 0 Å². The molecule has 0 aromatic heterocycles. The van der Waals surface area contributed by atoms with Gasteiger partial charge in [0.15, 0.2) is 0 Å². The molecule has 0 aromatic rings. The Morgan fingerprint density at radius 3 is 1.74 bits per heavy atom. The highest BCUT2D eigenvalue weighted by Crippen LogP contribution is 2.31. The predicted molar refractivity (Wildman–Crippen MR) is 90.8 cm³/mol. The van der Waals surface area contributed by atoms with E-state index in [4.69, 9.17) is 0 Å². The summed E-state index contributed by atoms with van der Waals surface area (Å²) in [5.41, 5.74) is 0. The number of hydrogen-bond donors (Lipinski definition) is 0. The van der Waals surface area contributed by atoms with Crippen molar-refractivity contribution in [2.45, 2.75) is 92.2 Å². The molecule has 2 unspecified atom stereocenters. The molecule has 2 atom stereocenters. The lowest BCUT2D eigenvalue weighted by molar-refractivity contribution is 0.568. The number of unbranched alkanes of at least 4 members (excludes halogenated alkanes) is 4. The molecule has 0 bridgehead atoms. The zero-order chi connectivity index (χ0) is 14.8. The minimum absolute atomic E-state index is 0.561. The Morgan fingerprint density at radius 2 is 1.32 bits per heavy atom. The van der Waals surface area contributed by atoms with Gasteiger partial charge in [-0.1, -0.05) is 91.2 Å². The Hall–Kier alpha value is -0.375. The molecule has 0 saturated heterocycles. The molecule has 0 fully saturated rings. The highest BCUT2D eigenvalue weighted by molar-refractivity contribution is 6.70. The minimum Gasteiger partial charge on any atom is -0.155 e. The van der Waals surface area contributed by atoms with Gasteiger partial charge in [0, 0.05) is 6.42 Å². The van der Waals surface area contributed by atoms with Crippen molar-refractivity contribution < 1.29 is 0 Å². The van der Waals surface area contributed by atoms with E-state index in [1.807, 2.05) is 0 Å². The summed E-state index contributed by atoms with van der Waals surface area (Å²) in [6.45, 7) is 16.9. The molecular formula is C18H35B. The van der Waals surface area contributed by atoms with Crippen molar-refractivity contribution in [2.24, 2.45) is 11.8 Å². The smallest absolute Gasteiger partial charge is 0.155 e. The van der Waals surface area contributed by atoms with Crippen LogP contribution in [-0.2, 0) is 0 Å². The first kappa shape index (κ1) is 18.6. The summed E-state index contributed by atoms with van der Waals surface area (Å²) in [5, 5.41) is 0. The van der Waals surface area contributed by atoms with Crippen molar-refractivity contribution >= 4 is 6.71 Å². The van der Waals surface area contributed by atoms with Gasteiger partial charge in [0.1, 0.15) is 0 Å². The molecule has 0 nitrogen and oxygen atoms in total. The Morgan fingerprint density at radius 1 is 0.789 bits per heavy atom. The average Bonchev–Trinajstić information content (AvgIpc) is 2.36. The van der Waals surface area contributed by atoms with Crippen molar-refractivity contribution in [3.63, 3.8) is 0 Å². The zero-order valence-electron chi connectivity index (χ0n) is 14.4. The Kier molecular flexibility index (Phi) is 10.2. The first-order valence-electron chi connectivity index (χ1n) is 8.40. The second kappa shape index (κ2) is 10.4. The average molecular weight is 262 g/mol. The van der Waals surface area contributed by atoms with Gasteiger partial charge >= 0.3 is 0 Å². The Labute approximate surface area is 123 Å². The van der Waals surface area contributed by atoms with E-state index < -0.39 is 0 Å². The molecule has 0 aromatic carbocycles. The Bertz CT molecular complexity index is 255. The van der Waals surface area contributed by atoms with Gasteiger partial charge < -0.3 is 0 Å². The summed E-state index contributed by atoms with van der Waals surface area (Å²) >= 11 is 0. The first-order chi connectivity index (χ1) is 8.91. The van der Waals surface area contributed by atoms with Crippen LogP contribution in [0.3, 0.4) is 0 Å². The maximum atomic E-state index is 3.61. The third-order valence-corrected chi connectivity index (χ3v) is 4.66. The zero-order valence-corrected chi connectivity index (χ0v) is 14.4. The lowest BCUT2D eigenvalue weighted by Crippen LogP contribution is -2.28. The molecule has 0 aliphatic rings. The van der Waals surface area contributed by atoms with Gasteiger partial charge in [0.25, 0.3) is 0 Å². The third-order valence-electron chi connectivity index (χ3n) is 4.66. The molecule has 0 saturated carbocycles. The molecule has 0 heterocycles. The van der Waals surface area contributed by atoms with E-state index in [1.54, 1.807) is 0 Å². The molecule has 19 heavy (non-hydrogen) atoms. The molecule has 0 aliphatic carbocycles. The second-order valence-electron chi connectivity index (χ2n) is 6.86. The van der Waals surface area contributed by atoms with Crippen LogP contribution in [0.5, 0.6) is 0 Å². The van der Waals surface area contributed by atoms with Crippen LogP contribution in [0.25, 0.3) is 0 Å². The Balaban J connectivity index is 4.46. The van der Waals surface area contributed by atoms with Crippen LogP contribution in [0.2, 0.25) is 11.6 Å². The molecule has 0 radical (unpaired) electrons. The van der Waals surface area contributed by atoms with Crippen LogP contribution >= 0.6 is 0 Å². The molecule has 110 valence electrons. The van der Waals surface area contributed by atoms with Crippen molar-refractivity contribution in [3.8, 4) is 11.7 Å². The van der Waals surface area contributed by atoms with Crippen LogP contribution in [-0.4, -0.2) is 6.71 Å². The summed E-state index contributed by atoms with van der Waals surface area (Å²) in [6.07, 6.45) is 6.38. The summed E-state index contributed by atoms with van der Waals surface area (Å²) in [7, 11) is 0. The summed E-state index contributed by atoms with van der Waals surface area (Å²) < 4.78 is 0. The topological polar surface area (TPSA) is 0 Å². The van der Waals surface area contributed by atoms with Crippen molar-refractivity contribution in [1.29, 1.82) is 0 Å². The normalized spacial score (nSPS) is 14.2. The summed E-state index contributed by atoms with van der Waals surface area (Å²) in [6, 6.07) is 0. The lowest BCUT2D eigenvalue weighted by Gasteiger charge is -2.27. The molecule has 0 rings (SSSR count). The van der Waals surface area contributed by atoms with Gasteiger partial charge in [0.05, 0.1) is 0 Å². The standard InChI is InChI=1S/C18H35B/c1-8-9-10-11-12-13-14-19(17(6)15(2)3)18(7)16(4)5/h15-18H,8-12H2,1-7H3. The molecule has 0 aliphatic heterocycles. The molecule has 0 spiro atoms. The summed E-state index contributed by atoms with van der Waals surface area (Å²) in [4.78, 5) is 0. The monoisotopic (exact) mass is 262 g/mol. The van der Waals surface area contributed by atoms with E-state index in [9.17, 15) is 0 Å². The highest BCUT2D eigenvalue weighted by atomic mass is 14.1. The van der Waals surface area contributed by atoms with E-state index in [-0.39, 0.29) is 0 Å². The molecular weight excluding hydrogens is 227 g/mol. The van der Waals surface area contributed by atoms with E-state index >= 15 is 0 Å². The van der Waals surface area contributed by atoms with Crippen molar-refractivity contribution in [3.05, 3.63) is 0 Å². The number of rotatable bonds is 8. The predicted octanol–water partition coefficient (Wildman–Crippen LogP) is 6.09. The fourth-order valence-electron chi connectivity index (χ4n) is 2.40. The van der Waals surface area contributed by atoms with Gasteiger partial charge in [-0.3, -0.25) is 0 Å². The van der Waals surface area contributed by atoms with Gasteiger partial charge in [-0.2, -0.15) is 5.82 Å². The van der Waals surface area contributed by atoms with Gasteiger partial charge in [-0.05, 0) is 6.42 Å². The summed E-state index contributed by atoms with van der Waals surface area (Å²) in [5.74, 6) is 9.91. The number of hydrogen-bond acceptors (Lipinski definition) is 0. The minimum atomic E-state index is 0.561. The van der Waals surface area contributed by atoms with Gasteiger partial charge in [-0.15, -0.1) is 5.92 Å².